The highest BCUT2D eigenvalue weighted by Gasteiger charge is 2.25. The number of thiophene rings is 1. The van der Waals surface area contributed by atoms with Crippen molar-refractivity contribution in [3.63, 3.8) is 0 Å². The van der Waals surface area contributed by atoms with E-state index < -0.39 is 5.97 Å². The molecule has 2 N–H and O–H groups in total. The molecular weight excluding hydrogens is 262 g/mol. The van der Waals surface area contributed by atoms with Crippen LogP contribution in [-0.2, 0) is 4.74 Å². The third-order valence-corrected chi connectivity index (χ3v) is 4.04. The van der Waals surface area contributed by atoms with Gasteiger partial charge in [0.25, 0.3) is 0 Å². The molecule has 1 rings (SSSR count). The Kier molecular flexibility index (Phi) is 5.64. The van der Waals surface area contributed by atoms with E-state index in [9.17, 15) is 4.79 Å². The van der Waals surface area contributed by atoms with Crippen molar-refractivity contribution in [1.82, 2.24) is 0 Å². The van der Waals surface area contributed by atoms with Crippen LogP contribution in [0.1, 0.15) is 41.9 Å². The van der Waals surface area contributed by atoms with Gasteiger partial charge in [0.15, 0.2) is 0 Å². The molecule has 1 heterocycles. The van der Waals surface area contributed by atoms with Crippen molar-refractivity contribution in [3.05, 3.63) is 10.4 Å². The maximum absolute atomic E-state index is 11.8. The molecule has 5 nitrogen and oxygen atoms in total. The first-order valence-corrected chi connectivity index (χ1v) is 7.07. The van der Waals surface area contributed by atoms with Gasteiger partial charge in [0.1, 0.15) is 21.5 Å². The highest BCUT2D eigenvalue weighted by molar-refractivity contribution is 7.17. The highest BCUT2D eigenvalue weighted by Crippen LogP contribution is 2.38. The number of nitrogen functional groups attached to an aromatic ring is 1. The number of ether oxygens (including phenoxy) is 1. The Hall–Kier alpha value is -1.74. The summed E-state index contributed by atoms with van der Waals surface area (Å²) in [7, 11) is 1.32. The number of hydrogen-bond donors (Lipinski definition) is 1. The Balaban J connectivity index is 3.24. The average molecular weight is 281 g/mol. The quantitative estimate of drug-likeness (QED) is 0.811. The van der Waals surface area contributed by atoms with Gasteiger partial charge in [0.2, 0.25) is 0 Å². The van der Waals surface area contributed by atoms with Crippen molar-refractivity contribution in [2.45, 2.75) is 26.7 Å². The lowest BCUT2D eigenvalue weighted by atomic mass is 10.2. The topological polar surface area (TPSA) is 79.4 Å². The highest BCUT2D eigenvalue weighted by atomic mass is 32.1. The minimum atomic E-state index is -0.486. The van der Waals surface area contributed by atoms with E-state index in [4.69, 9.17) is 15.7 Å². The summed E-state index contributed by atoms with van der Waals surface area (Å²) in [6.07, 6.45) is 2.09. The summed E-state index contributed by atoms with van der Waals surface area (Å²) in [5.74, 6) is -0.486. The summed E-state index contributed by atoms with van der Waals surface area (Å²) in [4.78, 5) is 14.3. The van der Waals surface area contributed by atoms with Gasteiger partial charge >= 0.3 is 5.97 Å². The largest absolute Gasteiger partial charge is 0.465 e. The molecular formula is C13H19N3O2S. The predicted molar refractivity (Wildman–Crippen MR) is 77.6 cm³/mol. The lowest BCUT2D eigenvalue weighted by Gasteiger charge is -2.22. The number of nitriles is 1. The zero-order valence-electron chi connectivity index (χ0n) is 11.5. The molecule has 0 saturated carbocycles. The van der Waals surface area contributed by atoms with Crippen LogP contribution >= 0.6 is 11.3 Å². The Bertz CT molecular complexity index is 491. The van der Waals surface area contributed by atoms with Gasteiger partial charge in [-0.15, -0.1) is 11.3 Å². The smallest absolute Gasteiger partial charge is 0.343 e. The molecule has 0 bridgehead atoms. The van der Waals surface area contributed by atoms with Crippen LogP contribution in [0.2, 0.25) is 0 Å². The van der Waals surface area contributed by atoms with Gasteiger partial charge in [0, 0.05) is 13.1 Å². The first kappa shape index (κ1) is 15.3. The van der Waals surface area contributed by atoms with E-state index >= 15 is 0 Å². The van der Waals surface area contributed by atoms with Crippen LogP contribution in [0.15, 0.2) is 0 Å². The van der Waals surface area contributed by atoms with Crippen LogP contribution in [0.4, 0.5) is 10.7 Å². The monoisotopic (exact) mass is 281 g/mol. The lowest BCUT2D eigenvalue weighted by Crippen LogP contribution is -2.25. The summed E-state index contributed by atoms with van der Waals surface area (Å²) in [5.41, 5.74) is 6.42. The van der Waals surface area contributed by atoms with Crippen LogP contribution in [-0.4, -0.2) is 26.2 Å². The second kappa shape index (κ2) is 7.00. The van der Waals surface area contributed by atoms with Crippen LogP contribution in [0, 0.1) is 11.3 Å². The average Bonchev–Trinajstić information content (AvgIpc) is 2.76. The minimum absolute atomic E-state index is 0.226. The van der Waals surface area contributed by atoms with Crippen molar-refractivity contribution in [2.75, 3.05) is 30.8 Å². The molecule has 0 saturated heterocycles. The summed E-state index contributed by atoms with van der Waals surface area (Å²) in [5, 5.41) is 9.78. The van der Waals surface area contributed by atoms with Crippen LogP contribution in [0.5, 0.6) is 0 Å². The number of esters is 1. The van der Waals surface area contributed by atoms with Crippen molar-refractivity contribution >= 4 is 28.0 Å². The Morgan fingerprint density at radius 1 is 1.53 bits per heavy atom. The van der Waals surface area contributed by atoms with Crippen LogP contribution < -0.4 is 10.6 Å². The Labute approximate surface area is 117 Å². The molecule has 0 amide bonds. The first-order chi connectivity index (χ1) is 9.10. The van der Waals surface area contributed by atoms with E-state index in [2.05, 4.69) is 11.8 Å². The van der Waals surface area contributed by atoms with Gasteiger partial charge in [-0.05, 0) is 13.3 Å². The molecule has 0 spiro atoms. The van der Waals surface area contributed by atoms with Crippen molar-refractivity contribution in [1.29, 1.82) is 5.26 Å². The third kappa shape index (κ3) is 3.18. The number of anilines is 2. The van der Waals surface area contributed by atoms with E-state index in [0.717, 1.165) is 30.9 Å². The number of carbonyl (C=O) groups excluding carboxylic acids is 1. The molecule has 0 aliphatic heterocycles. The molecule has 0 radical (unpaired) electrons. The van der Waals surface area contributed by atoms with E-state index in [1.54, 1.807) is 0 Å². The van der Waals surface area contributed by atoms with Crippen LogP contribution in [0.25, 0.3) is 0 Å². The second-order valence-electron chi connectivity index (χ2n) is 4.06. The molecule has 0 atom stereocenters. The summed E-state index contributed by atoms with van der Waals surface area (Å²) < 4.78 is 4.77. The fraction of sp³-hybridized carbons (Fsp3) is 0.538. The second-order valence-corrected chi connectivity index (χ2v) is 5.06. The minimum Gasteiger partial charge on any atom is -0.465 e. The number of methoxy groups -OCH3 is 1. The summed E-state index contributed by atoms with van der Waals surface area (Å²) >= 11 is 1.25. The number of nitrogens with two attached hydrogens (primary N) is 1. The molecule has 1 aromatic rings. The molecule has 0 aliphatic rings. The SMILES string of the molecule is CCCCN(CC)c1sc(C#N)c(N)c1C(=O)OC. The maximum Gasteiger partial charge on any atom is 0.343 e. The summed E-state index contributed by atoms with van der Waals surface area (Å²) in [6.45, 7) is 5.72. The zero-order chi connectivity index (χ0) is 14.4. The molecule has 104 valence electrons. The number of hydrogen-bond acceptors (Lipinski definition) is 6. The number of carbonyl (C=O) groups is 1. The normalized spacial score (nSPS) is 10.0. The van der Waals surface area contributed by atoms with E-state index in [1.807, 2.05) is 13.0 Å². The molecule has 0 unspecified atom stereocenters. The van der Waals surface area contributed by atoms with Crippen LogP contribution in [0.3, 0.4) is 0 Å². The molecule has 0 aliphatic carbocycles. The number of rotatable bonds is 6. The van der Waals surface area contributed by atoms with Gasteiger partial charge in [-0.25, -0.2) is 4.79 Å². The summed E-state index contributed by atoms with van der Waals surface area (Å²) in [6, 6.07) is 2.03. The first-order valence-electron chi connectivity index (χ1n) is 6.26. The molecule has 6 heteroatoms. The van der Waals surface area contributed by atoms with Gasteiger partial charge < -0.3 is 15.4 Å². The zero-order valence-corrected chi connectivity index (χ0v) is 12.3. The fourth-order valence-corrected chi connectivity index (χ4v) is 2.88. The van der Waals surface area contributed by atoms with E-state index in [1.165, 1.54) is 18.4 Å². The van der Waals surface area contributed by atoms with E-state index in [0.29, 0.717) is 10.4 Å². The van der Waals surface area contributed by atoms with Gasteiger partial charge in [-0.1, -0.05) is 13.3 Å². The van der Waals surface area contributed by atoms with Gasteiger partial charge in [0.05, 0.1) is 12.8 Å². The maximum atomic E-state index is 11.8. The molecule has 0 fully saturated rings. The van der Waals surface area contributed by atoms with E-state index in [-0.39, 0.29) is 5.69 Å². The molecule has 0 aromatic carbocycles. The number of unbranched alkanes of at least 4 members (excludes halogenated alkanes) is 1. The van der Waals surface area contributed by atoms with Crippen molar-refractivity contribution in [2.24, 2.45) is 0 Å². The van der Waals surface area contributed by atoms with Gasteiger partial charge in [-0.2, -0.15) is 5.26 Å². The van der Waals surface area contributed by atoms with Crippen molar-refractivity contribution in [3.8, 4) is 6.07 Å². The Morgan fingerprint density at radius 3 is 2.68 bits per heavy atom. The third-order valence-electron chi connectivity index (χ3n) is 2.87. The molecule has 1 aromatic heterocycles. The lowest BCUT2D eigenvalue weighted by molar-refractivity contribution is 0.0603. The fourth-order valence-electron chi connectivity index (χ4n) is 1.79. The van der Waals surface area contributed by atoms with Crippen molar-refractivity contribution < 1.29 is 9.53 Å². The molecule has 19 heavy (non-hydrogen) atoms. The Morgan fingerprint density at radius 2 is 2.21 bits per heavy atom. The number of nitrogens with zero attached hydrogens (tertiary/aromatic N) is 2. The standard InChI is InChI=1S/C13H19N3O2S/c1-4-6-7-16(5-2)12-10(13(17)18-3)11(15)9(8-14)19-12/h4-7,15H2,1-3H3. The predicted octanol–water partition coefficient (Wildman–Crippen LogP) is 2.61. The van der Waals surface area contributed by atoms with Gasteiger partial charge in [-0.3, -0.25) is 0 Å².